The lowest BCUT2D eigenvalue weighted by Gasteiger charge is -2.37. The van der Waals surface area contributed by atoms with Gasteiger partial charge >= 0.3 is 0 Å². The van der Waals surface area contributed by atoms with Gasteiger partial charge in [0.05, 0.1) is 9.40 Å². The van der Waals surface area contributed by atoms with Gasteiger partial charge in [-0.25, -0.2) is 0 Å². The van der Waals surface area contributed by atoms with Crippen molar-refractivity contribution in [3.05, 3.63) is 38.3 Å². The van der Waals surface area contributed by atoms with E-state index in [9.17, 15) is 10.1 Å². The molecule has 0 aromatic heterocycles. The van der Waals surface area contributed by atoms with Crippen molar-refractivity contribution in [2.24, 2.45) is 5.73 Å². The van der Waals surface area contributed by atoms with Gasteiger partial charge in [0, 0.05) is 30.7 Å². The van der Waals surface area contributed by atoms with Crippen molar-refractivity contribution < 1.29 is 4.92 Å². The minimum absolute atomic E-state index is 0.142. The van der Waals surface area contributed by atoms with Crippen LogP contribution in [0.2, 0.25) is 0 Å². The molecule has 2 N–H and O–H groups in total. The molecule has 2 bridgehead atoms. The molecule has 1 aromatic carbocycles. The molecule has 2 fully saturated rings. The molecule has 2 aliphatic rings. The van der Waals surface area contributed by atoms with Gasteiger partial charge in [-0.2, -0.15) is 0 Å². The third-order valence-electron chi connectivity index (χ3n) is 4.49. The van der Waals surface area contributed by atoms with Gasteiger partial charge in [-0.1, -0.05) is 6.07 Å². The Bertz CT molecular complexity index is 523. The second-order valence-corrected chi connectivity index (χ2v) is 6.69. The minimum Gasteiger partial charge on any atom is -0.328 e. The summed E-state index contributed by atoms with van der Waals surface area (Å²) >= 11 is 3.23. The van der Waals surface area contributed by atoms with E-state index >= 15 is 0 Å². The van der Waals surface area contributed by atoms with E-state index in [0.717, 1.165) is 24.9 Å². The van der Waals surface area contributed by atoms with Crippen LogP contribution in [0.4, 0.5) is 5.69 Å². The first-order chi connectivity index (χ1) is 9.54. The summed E-state index contributed by atoms with van der Waals surface area (Å²) in [6.07, 6.45) is 4.51. The number of nitrogens with zero attached hydrogens (tertiary/aromatic N) is 2. The third-order valence-corrected chi connectivity index (χ3v) is 5.16. The number of hydrogen-bond acceptors (Lipinski definition) is 4. The fourth-order valence-corrected chi connectivity index (χ4v) is 3.97. The van der Waals surface area contributed by atoms with E-state index in [1.165, 1.54) is 12.8 Å². The summed E-state index contributed by atoms with van der Waals surface area (Å²) in [7, 11) is 0. The number of piperidine rings is 1. The molecule has 2 atom stereocenters. The fraction of sp³-hybridized carbons (Fsp3) is 0.571. The molecule has 2 unspecified atom stereocenters. The van der Waals surface area contributed by atoms with Crippen molar-refractivity contribution in [3.63, 3.8) is 0 Å². The largest absolute Gasteiger partial charge is 0.328 e. The Morgan fingerprint density at radius 3 is 2.60 bits per heavy atom. The molecule has 0 saturated carbocycles. The topological polar surface area (TPSA) is 72.4 Å². The van der Waals surface area contributed by atoms with E-state index in [-0.39, 0.29) is 10.6 Å². The minimum atomic E-state index is -0.339. The van der Waals surface area contributed by atoms with Crippen LogP contribution in [0.3, 0.4) is 0 Å². The summed E-state index contributed by atoms with van der Waals surface area (Å²) in [5.41, 5.74) is 7.22. The molecular weight excluding hydrogens is 322 g/mol. The first kappa shape index (κ1) is 14.0. The maximum absolute atomic E-state index is 11.0. The lowest BCUT2D eigenvalue weighted by Crippen LogP contribution is -2.46. The van der Waals surface area contributed by atoms with Gasteiger partial charge in [-0.15, -0.1) is 0 Å². The molecule has 0 amide bonds. The Morgan fingerprint density at radius 1 is 1.35 bits per heavy atom. The Morgan fingerprint density at radius 2 is 2.00 bits per heavy atom. The molecule has 20 heavy (non-hydrogen) atoms. The molecule has 3 rings (SSSR count). The Balaban J connectivity index is 1.79. The normalized spacial score (nSPS) is 29.6. The molecule has 6 heteroatoms. The lowest BCUT2D eigenvalue weighted by atomic mass is 9.97. The van der Waals surface area contributed by atoms with Crippen LogP contribution in [0.1, 0.15) is 31.2 Å². The lowest BCUT2D eigenvalue weighted by molar-refractivity contribution is -0.385. The number of rotatable bonds is 3. The van der Waals surface area contributed by atoms with Gasteiger partial charge in [0.25, 0.3) is 5.69 Å². The van der Waals surface area contributed by atoms with E-state index in [1.54, 1.807) is 12.1 Å². The highest BCUT2D eigenvalue weighted by atomic mass is 79.9. The molecule has 0 radical (unpaired) electrons. The summed E-state index contributed by atoms with van der Waals surface area (Å²) in [5, 5.41) is 11.0. The van der Waals surface area contributed by atoms with Crippen LogP contribution in [0, 0.1) is 10.1 Å². The molecule has 2 heterocycles. The van der Waals surface area contributed by atoms with Crippen molar-refractivity contribution in [2.45, 2.75) is 50.4 Å². The van der Waals surface area contributed by atoms with Gasteiger partial charge in [-0.05, 0) is 53.2 Å². The molecule has 2 saturated heterocycles. The molecular formula is C14H18BrN3O2. The van der Waals surface area contributed by atoms with E-state index in [0.29, 0.717) is 22.6 Å². The molecule has 108 valence electrons. The van der Waals surface area contributed by atoms with Crippen LogP contribution in [0.15, 0.2) is 22.7 Å². The van der Waals surface area contributed by atoms with Crippen LogP contribution < -0.4 is 5.73 Å². The predicted molar refractivity (Wildman–Crippen MR) is 80.4 cm³/mol. The number of nitrogens with two attached hydrogens (primary N) is 1. The van der Waals surface area contributed by atoms with Crippen molar-refractivity contribution in [1.82, 2.24) is 4.90 Å². The Labute approximate surface area is 126 Å². The first-order valence-corrected chi connectivity index (χ1v) is 7.78. The average Bonchev–Trinajstić information content (AvgIpc) is 2.63. The predicted octanol–water partition coefficient (Wildman–Crippen LogP) is 2.81. The van der Waals surface area contributed by atoms with Gasteiger partial charge in [-0.3, -0.25) is 15.0 Å². The van der Waals surface area contributed by atoms with Crippen molar-refractivity contribution in [1.29, 1.82) is 0 Å². The van der Waals surface area contributed by atoms with Crippen LogP contribution in [0.5, 0.6) is 0 Å². The summed E-state index contributed by atoms with van der Waals surface area (Å²) in [4.78, 5) is 13.1. The van der Waals surface area contributed by atoms with E-state index in [2.05, 4.69) is 20.8 Å². The zero-order chi connectivity index (χ0) is 14.3. The second kappa shape index (κ2) is 5.42. The summed E-state index contributed by atoms with van der Waals surface area (Å²) in [5.74, 6) is 0. The Kier molecular flexibility index (Phi) is 3.79. The van der Waals surface area contributed by atoms with Crippen molar-refractivity contribution in [3.8, 4) is 0 Å². The smallest absolute Gasteiger partial charge is 0.283 e. The van der Waals surface area contributed by atoms with Gasteiger partial charge in [0.2, 0.25) is 0 Å². The second-order valence-electron chi connectivity index (χ2n) is 5.83. The van der Waals surface area contributed by atoms with Gasteiger partial charge < -0.3 is 5.73 Å². The number of fused-ring (bicyclic) bond motifs is 2. The van der Waals surface area contributed by atoms with E-state index in [1.807, 2.05) is 6.07 Å². The summed E-state index contributed by atoms with van der Waals surface area (Å²) < 4.78 is 0.537. The van der Waals surface area contributed by atoms with Crippen LogP contribution in [0.25, 0.3) is 0 Å². The monoisotopic (exact) mass is 339 g/mol. The standard InChI is InChI=1S/C14H18BrN3O2/c15-13-4-1-9(5-14(13)18(19)20)8-17-11-2-3-12(17)7-10(16)6-11/h1,4-5,10-12H,2-3,6-8,16H2. The average molecular weight is 340 g/mol. The van der Waals surface area contributed by atoms with Crippen LogP contribution in [-0.4, -0.2) is 27.9 Å². The number of nitro benzene ring substituents is 1. The maximum Gasteiger partial charge on any atom is 0.283 e. The number of benzene rings is 1. The zero-order valence-electron chi connectivity index (χ0n) is 11.2. The molecule has 2 aliphatic heterocycles. The van der Waals surface area contributed by atoms with Crippen molar-refractivity contribution >= 4 is 21.6 Å². The summed E-state index contributed by atoms with van der Waals surface area (Å²) in [6, 6.07) is 6.83. The van der Waals surface area contributed by atoms with Crippen LogP contribution >= 0.6 is 15.9 Å². The highest BCUT2D eigenvalue weighted by molar-refractivity contribution is 9.10. The van der Waals surface area contributed by atoms with E-state index in [4.69, 9.17) is 5.73 Å². The molecule has 0 aliphatic carbocycles. The number of hydrogen-bond donors (Lipinski definition) is 1. The fourth-order valence-electron chi connectivity index (χ4n) is 3.58. The molecule has 0 spiro atoms. The summed E-state index contributed by atoms with van der Waals surface area (Å²) in [6.45, 7) is 0.788. The number of halogens is 1. The van der Waals surface area contributed by atoms with E-state index < -0.39 is 0 Å². The first-order valence-electron chi connectivity index (χ1n) is 6.98. The zero-order valence-corrected chi connectivity index (χ0v) is 12.8. The van der Waals surface area contributed by atoms with Crippen molar-refractivity contribution in [2.75, 3.05) is 0 Å². The van der Waals surface area contributed by atoms with Crippen LogP contribution in [-0.2, 0) is 6.54 Å². The highest BCUT2D eigenvalue weighted by Crippen LogP contribution is 2.36. The van der Waals surface area contributed by atoms with Gasteiger partial charge in [0.1, 0.15) is 0 Å². The Hall–Kier alpha value is -0.980. The quantitative estimate of drug-likeness (QED) is 0.678. The third kappa shape index (κ3) is 2.60. The maximum atomic E-state index is 11.0. The molecule has 5 nitrogen and oxygen atoms in total. The highest BCUT2D eigenvalue weighted by Gasteiger charge is 2.39. The molecule has 1 aromatic rings. The van der Waals surface area contributed by atoms with Gasteiger partial charge in [0.15, 0.2) is 0 Å². The SMILES string of the molecule is NC1CC2CCC(C1)N2Cc1ccc(Br)c([N+](=O)[O-])c1. The number of nitro groups is 1.